The molecule has 0 aromatic heterocycles. The molecule has 0 aliphatic carbocycles. The molecule has 0 saturated carbocycles. The summed E-state index contributed by atoms with van der Waals surface area (Å²) in [6.07, 6.45) is 9.08. The Morgan fingerprint density at radius 1 is 0.667 bits per heavy atom. The fraction of sp³-hybridized carbons (Fsp3) is 0.431. The zero-order chi connectivity index (χ0) is 58.1. The van der Waals surface area contributed by atoms with Crippen LogP contribution in [0.5, 0.6) is 0 Å². The van der Waals surface area contributed by atoms with Crippen LogP contribution in [0.1, 0.15) is 75.5 Å². The molecule has 5 rings (SSSR count). The van der Waals surface area contributed by atoms with Crippen molar-refractivity contribution in [1.82, 2.24) is 0 Å². The zero-order valence-electron chi connectivity index (χ0n) is 43.3. The van der Waals surface area contributed by atoms with E-state index in [-0.39, 0.29) is 85.8 Å². The number of carboxylic acids is 1. The topological polar surface area (TPSA) is 349 Å². The lowest BCUT2D eigenvalue weighted by Gasteiger charge is -2.34. The highest BCUT2D eigenvalue weighted by Crippen LogP contribution is 2.54. The highest BCUT2D eigenvalue weighted by molar-refractivity contribution is 7.87. The largest absolute Gasteiger partial charge is 0.481 e. The van der Waals surface area contributed by atoms with Gasteiger partial charge in [-0.1, -0.05) is 62.4 Å². The number of hydrogen-bond donors (Lipinski definition) is 6. The first kappa shape index (κ1) is 63.8. The lowest BCUT2D eigenvalue weighted by molar-refractivity contribution is -0.137. The Kier molecular flexibility index (Phi) is 21.3. The van der Waals surface area contributed by atoms with Gasteiger partial charge in [-0.2, -0.15) is 42.1 Å². The first-order valence-corrected chi connectivity index (χ1v) is 31.6. The van der Waals surface area contributed by atoms with Gasteiger partial charge in [-0.05, 0) is 115 Å². The summed E-state index contributed by atoms with van der Waals surface area (Å²) in [4.78, 5) is 9.91. The number of aryl methyl sites for hydroxylation is 1. The third-order valence-electron chi connectivity index (χ3n) is 13.5. The van der Waals surface area contributed by atoms with Crippen LogP contribution in [0.15, 0.2) is 116 Å². The molecular formula is C51H65NO21S5. The Bertz CT molecular complexity index is 3580. The number of unbranched alkanes of at least 4 members (excludes halogenated alkanes) is 2. The molecule has 0 amide bonds. The molecule has 6 N–H and O–H groups in total. The van der Waals surface area contributed by atoms with Crippen molar-refractivity contribution < 1.29 is 93.7 Å². The summed E-state index contributed by atoms with van der Waals surface area (Å²) in [5.41, 5.74) is -0.0714. The second-order valence-electron chi connectivity index (χ2n) is 19.0. The van der Waals surface area contributed by atoms with E-state index in [1.54, 1.807) is 64.3 Å². The van der Waals surface area contributed by atoms with Crippen molar-refractivity contribution in [2.24, 2.45) is 0 Å². The number of fused-ring (bicyclic) bond motifs is 4. The molecule has 22 nitrogen and oxygen atoms in total. The van der Waals surface area contributed by atoms with E-state index in [1.807, 2.05) is 4.90 Å². The van der Waals surface area contributed by atoms with Crippen molar-refractivity contribution in [1.29, 1.82) is 0 Å². The number of anilines is 1. The van der Waals surface area contributed by atoms with Crippen LogP contribution in [0.4, 0.5) is 5.69 Å². The maximum Gasteiger partial charge on any atom is 0.303 e. The van der Waals surface area contributed by atoms with Crippen molar-refractivity contribution >= 4 is 83.8 Å². The van der Waals surface area contributed by atoms with Gasteiger partial charge in [0, 0.05) is 59.7 Å². The normalized spacial score (nSPS) is 17.0. The van der Waals surface area contributed by atoms with Gasteiger partial charge in [0.25, 0.3) is 50.6 Å². The smallest absolute Gasteiger partial charge is 0.303 e. The molecule has 78 heavy (non-hydrogen) atoms. The van der Waals surface area contributed by atoms with Crippen molar-refractivity contribution in [3.05, 3.63) is 113 Å². The van der Waals surface area contributed by atoms with Gasteiger partial charge in [0.1, 0.15) is 9.79 Å². The predicted molar refractivity (Wildman–Crippen MR) is 290 cm³/mol. The zero-order valence-corrected chi connectivity index (χ0v) is 47.4. The highest BCUT2D eigenvalue weighted by Gasteiger charge is 2.45. The molecule has 0 saturated heterocycles. The standard InChI is InChI=1S/C51H65NO21S5/c1-35-16-17-39-41(31-37(75(58,59)60)33-44(39)77(64,65)66)48(35)50(3,21-23-71-26-27-73-29-28-72-25-24-70-5)36(2)13-8-6-9-14-46-51(4,20-12-30-74(55,56)57)49-42-32-38(76(61,62)63)34-45(78(67,68)69)40(42)18-19-43(49)52(46)22-11-7-10-15-47(53)54/h6,8-9,13-14,16-19,31-34H,2,7,10-12,15,20-30H2,1,3-5H3,(H,53,54)(H,55,56,57)(H,58,59,60)(H,61,62,63)(H,64,65,66)(H,67,68,69)/b9-6+,13-8+,46-14+. The van der Waals surface area contributed by atoms with Crippen LogP contribution in [0.2, 0.25) is 0 Å². The quantitative estimate of drug-likeness (QED) is 0.0164. The van der Waals surface area contributed by atoms with Gasteiger partial charge in [0.2, 0.25) is 0 Å². The van der Waals surface area contributed by atoms with Crippen molar-refractivity contribution in [2.75, 3.05) is 70.6 Å². The second-order valence-corrected chi connectivity index (χ2v) is 26.2. The molecule has 430 valence electrons. The third kappa shape index (κ3) is 16.1. The van der Waals surface area contributed by atoms with Gasteiger partial charge in [-0.25, -0.2) is 0 Å². The summed E-state index contributed by atoms with van der Waals surface area (Å²) < 4.78 is 198. The van der Waals surface area contributed by atoms with Gasteiger partial charge < -0.3 is 29.0 Å². The molecule has 1 aliphatic rings. The van der Waals surface area contributed by atoms with Crippen molar-refractivity contribution in [2.45, 2.75) is 96.1 Å². The van der Waals surface area contributed by atoms with E-state index < -0.39 is 92.7 Å². The molecule has 0 fully saturated rings. The molecule has 0 spiro atoms. The molecule has 1 heterocycles. The minimum atomic E-state index is -5.13. The fourth-order valence-corrected chi connectivity index (χ4v) is 12.9. The Morgan fingerprint density at radius 3 is 1.74 bits per heavy atom. The van der Waals surface area contributed by atoms with E-state index in [9.17, 15) is 74.8 Å². The van der Waals surface area contributed by atoms with Crippen molar-refractivity contribution in [3.8, 4) is 0 Å². The second kappa shape index (κ2) is 26.1. The highest BCUT2D eigenvalue weighted by atomic mass is 32.2. The van der Waals surface area contributed by atoms with Crippen LogP contribution >= 0.6 is 0 Å². The average Bonchev–Trinajstić information content (AvgIpc) is 3.78. The first-order chi connectivity index (χ1) is 36.3. The van der Waals surface area contributed by atoms with Gasteiger partial charge >= 0.3 is 5.97 Å². The van der Waals surface area contributed by atoms with E-state index in [4.69, 9.17) is 18.9 Å². The number of benzene rings is 4. The molecule has 2 unspecified atom stereocenters. The Balaban J connectivity index is 1.64. The molecule has 4 aromatic rings. The molecule has 0 radical (unpaired) electrons. The predicted octanol–water partition coefficient (Wildman–Crippen LogP) is 7.28. The molecule has 0 bridgehead atoms. The number of methoxy groups -OCH3 is 1. The Morgan fingerprint density at radius 2 is 1.21 bits per heavy atom. The lowest BCUT2D eigenvalue weighted by atomic mass is 9.70. The third-order valence-corrected chi connectivity index (χ3v) is 17.7. The fourth-order valence-electron chi connectivity index (χ4n) is 9.74. The summed E-state index contributed by atoms with van der Waals surface area (Å²) in [6, 6.07) is 9.28. The van der Waals surface area contributed by atoms with Gasteiger partial charge in [0.05, 0.1) is 55.2 Å². The van der Waals surface area contributed by atoms with Gasteiger partial charge in [-0.3, -0.25) is 27.6 Å². The summed E-state index contributed by atoms with van der Waals surface area (Å²) in [5.74, 6) is -1.70. The minimum Gasteiger partial charge on any atom is -0.481 e. The number of carboxylic acid groups (broad SMARTS) is 1. The lowest BCUT2D eigenvalue weighted by Crippen LogP contribution is -2.30. The number of ether oxygens (including phenoxy) is 4. The SMILES string of the molecule is C=C(/C=C/C=C/C=C1/N(CCCCCC(=O)O)c2ccc3c(S(=O)(=O)O)cc(S(=O)(=O)O)cc3c2C1(C)CCCS(=O)(=O)O)C(C)(CCOCCOCCOCCOC)c1c(C)ccc2c(S(=O)(=O)O)cc(S(=O)(=O)O)cc12. The van der Waals surface area contributed by atoms with Crippen LogP contribution in [0.3, 0.4) is 0 Å². The van der Waals surface area contributed by atoms with E-state index in [0.29, 0.717) is 79.3 Å². The Labute approximate surface area is 455 Å². The maximum atomic E-state index is 12.8. The number of carbonyl (C=O) groups is 1. The van der Waals surface area contributed by atoms with Gasteiger partial charge in [-0.15, -0.1) is 0 Å². The number of allylic oxidation sites excluding steroid dienone is 7. The summed E-state index contributed by atoms with van der Waals surface area (Å²) in [6.45, 7) is 11.6. The number of nitrogens with zero attached hydrogens (tertiary/aromatic N) is 1. The maximum absolute atomic E-state index is 12.8. The number of aliphatic carboxylic acids is 1. The summed E-state index contributed by atoms with van der Waals surface area (Å²) in [5, 5.41) is 9.13. The molecular weight excluding hydrogens is 1120 g/mol. The van der Waals surface area contributed by atoms with E-state index >= 15 is 0 Å². The molecule has 27 heteroatoms. The number of hydrogen-bond acceptors (Lipinski definition) is 16. The molecule has 2 atom stereocenters. The molecule has 4 aromatic carbocycles. The van der Waals surface area contributed by atoms with Crippen LogP contribution in [0, 0.1) is 6.92 Å². The first-order valence-electron chi connectivity index (χ1n) is 24.3. The van der Waals surface area contributed by atoms with Crippen LogP contribution < -0.4 is 4.90 Å². The number of rotatable bonds is 31. The summed E-state index contributed by atoms with van der Waals surface area (Å²) >= 11 is 0. The summed E-state index contributed by atoms with van der Waals surface area (Å²) in [7, 11) is -23.3. The molecule has 1 aliphatic heterocycles. The van der Waals surface area contributed by atoms with Gasteiger partial charge in [0.15, 0.2) is 0 Å². The van der Waals surface area contributed by atoms with E-state index in [0.717, 1.165) is 12.1 Å². The van der Waals surface area contributed by atoms with Crippen molar-refractivity contribution in [3.63, 3.8) is 0 Å². The van der Waals surface area contributed by atoms with Crippen LogP contribution in [-0.2, 0) is 85.2 Å². The average molecular weight is 1190 g/mol. The van der Waals surface area contributed by atoms with Crippen LogP contribution in [0.25, 0.3) is 21.5 Å². The van der Waals surface area contributed by atoms with E-state index in [1.165, 1.54) is 18.2 Å². The van der Waals surface area contributed by atoms with E-state index in [2.05, 4.69) is 6.58 Å². The Hall–Kier alpha value is -4.98. The minimum absolute atomic E-state index is 0.0284. The van der Waals surface area contributed by atoms with Crippen LogP contribution in [-0.4, -0.2) is 142 Å². The monoisotopic (exact) mass is 1190 g/mol.